The predicted molar refractivity (Wildman–Crippen MR) is 310 cm³/mol. The Morgan fingerprint density at radius 2 is 0.704 bits per heavy atom. The van der Waals surface area contributed by atoms with Gasteiger partial charge < -0.3 is 20.3 Å². The zero-order chi connectivity index (χ0) is 51.4. The van der Waals surface area contributed by atoms with Gasteiger partial charge >= 0.3 is 5.97 Å². The van der Waals surface area contributed by atoms with Crippen molar-refractivity contribution in [2.45, 2.75) is 366 Å². The van der Waals surface area contributed by atoms with Gasteiger partial charge in [-0.1, -0.05) is 308 Å². The number of allylic oxidation sites excluding steroid dienone is 4. The molecule has 0 aliphatic heterocycles. The number of unbranched alkanes of at least 4 members (excludes halogenated alkanes) is 45. The molecule has 0 aromatic rings. The van der Waals surface area contributed by atoms with Gasteiger partial charge in [0.15, 0.2) is 0 Å². The smallest absolute Gasteiger partial charge is 0.305 e. The second-order valence-electron chi connectivity index (χ2n) is 22.1. The topological polar surface area (TPSA) is 95.9 Å². The summed E-state index contributed by atoms with van der Waals surface area (Å²) in [5, 5.41) is 23.3. The van der Waals surface area contributed by atoms with E-state index in [0.717, 1.165) is 44.9 Å². The van der Waals surface area contributed by atoms with Gasteiger partial charge in [0.1, 0.15) is 0 Å². The normalized spacial score (nSPS) is 12.7. The largest absolute Gasteiger partial charge is 0.466 e. The molecule has 0 heterocycles. The van der Waals surface area contributed by atoms with Crippen LogP contribution in [0.15, 0.2) is 24.3 Å². The number of hydrogen-bond donors (Lipinski definition) is 3. The highest BCUT2D eigenvalue weighted by atomic mass is 16.5. The van der Waals surface area contributed by atoms with E-state index in [2.05, 4.69) is 43.5 Å². The third-order valence-corrected chi connectivity index (χ3v) is 15.0. The molecule has 0 rings (SSSR count). The number of nitrogens with one attached hydrogen (secondary N) is 1. The first-order valence-electron chi connectivity index (χ1n) is 32.1. The summed E-state index contributed by atoms with van der Waals surface area (Å²) in [7, 11) is 0. The molecule has 0 spiro atoms. The minimum atomic E-state index is -0.665. The Morgan fingerprint density at radius 3 is 1.07 bits per heavy atom. The first kappa shape index (κ1) is 69.3. The lowest BCUT2D eigenvalue weighted by Gasteiger charge is -2.22. The predicted octanol–water partition coefficient (Wildman–Crippen LogP) is 20.2. The molecular formula is C65H125NO5. The van der Waals surface area contributed by atoms with Crippen LogP contribution in [0.25, 0.3) is 0 Å². The Bertz CT molecular complexity index is 1110. The number of aliphatic hydroxyl groups excluding tert-OH is 2. The second-order valence-corrected chi connectivity index (χ2v) is 22.1. The number of carbonyl (C=O) groups is 2. The van der Waals surface area contributed by atoms with Crippen molar-refractivity contribution in [3.8, 4) is 0 Å². The Hall–Kier alpha value is -1.66. The van der Waals surface area contributed by atoms with Gasteiger partial charge in [0.05, 0.1) is 25.4 Å². The van der Waals surface area contributed by atoms with Crippen molar-refractivity contribution >= 4 is 11.9 Å². The molecule has 3 N–H and O–H groups in total. The summed E-state index contributed by atoms with van der Waals surface area (Å²) in [4.78, 5) is 24.5. The van der Waals surface area contributed by atoms with Crippen molar-refractivity contribution in [1.29, 1.82) is 0 Å². The average molecular weight is 1000 g/mol. The summed E-state index contributed by atoms with van der Waals surface area (Å²) in [6.45, 7) is 4.97. The number of esters is 1. The molecule has 71 heavy (non-hydrogen) atoms. The Balaban J connectivity index is 3.41. The number of rotatable bonds is 60. The molecule has 0 fully saturated rings. The zero-order valence-corrected chi connectivity index (χ0v) is 48.0. The monoisotopic (exact) mass is 1000 g/mol. The lowest BCUT2D eigenvalue weighted by Crippen LogP contribution is -2.45. The van der Waals surface area contributed by atoms with Crippen LogP contribution in [0.2, 0.25) is 0 Å². The van der Waals surface area contributed by atoms with Gasteiger partial charge in [-0.15, -0.1) is 0 Å². The van der Waals surface area contributed by atoms with Crippen LogP contribution in [0, 0.1) is 0 Å². The van der Waals surface area contributed by atoms with Gasteiger partial charge in [0, 0.05) is 12.8 Å². The highest BCUT2D eigenvalue weighted by Crippen LogP contribution is 2.18. The summed E-state index contributed by atoms with van der Waals surface area (Å²) < 4.78 is 5.48. The van der Waals surface area contributed by atoms with E-state index < -0.39 is 12.1 Å². The van der Waals surface area contributed by atoms with Gasteiger partial charge in [-0.05, 0) is 57.8 Å². The summed E-state index contributed by atoms with van der Waals surface area (Å²) >= 11 is 0. The van der Waals surface area contributed by atoms with Gasteiger partial charge in [-0.2, -0.15) is 0 Å². The van der Waals surface area contributed by atoms with E-state index in [1.165, 1.54) is 276 Å². The van der Waals surface area contributed by atoms with Gasteiger partial charge in [0.2, 0.25) is 5.91 Å². The van der Waals surface area contributed by atoms with Crippen LogP contribution in [-0.2, 0) is 14.3 Å². The summed E-state index contributed by atoms with van der Waals surface area (Å²) in [6.07, 6.45) is 74.8. The molecule has 0 aliphatic carbocycles. The third kappa shape index (κ3) is 57.5. The molecule has 420 valence electrons. The summed E-state index contributed by atoms with van der Waals surface area (Å²) in [6, 6.07) is -0.543. The Labute approximate surface area is 443 Å². The molecule has 6 heteroatoms. The van der Waals surface area contributed by atoms with E-state index in [1.807, 2.05) is 0 Å². The van der Waals surface area contributed by atoms with Crippen molar-refractivity contribution in [1.82, 2.24) is 5.32 Å². The summed E-state index contributed by atoms with van der Waals surface area (Å²) in [5.74, 6) is -0.0238. The van der Waals surface area contributed by atoms with E-state index in [1.54, 1.807) is 0 Å². The first-order valence-corrected chi connectivity index (χ1v) is 32.1. The Kier molecular flexibility index (Phi) is 59.5. The fourth-order valence-electron chi connectivity index (χ4n) is 10.1. The standard InChI is InChI=1S/C65H125NO5/c1-3-5-7-9-11-13-15-17-34-37-41-45-49-53-57-63(68)62(61-67)66-64(69)58-54-50-46-42-38-35-31-29-27-25-23-21-19-18-20-22-24-26-28-30-32-36-40-44-48-52-56-60-71-65(70)59-55-51-47-43-39-33-16-14-12-10-8-6-4-2/h18-19,22,24,62-63,67-68H,3-17,20-21,23,25-61H2,1-2H3,(H,66,69)/b19-18-,24-22-. The fourth-order valence-corrected chi connectivity index (χ4v) is 10.1. The van der Waals surface area contributed by atoms with Crippen molar-refractivity contribution < 1.29 is 24.5 Å². The van der Waals surface area contributed by atoms with Crippen LogP contribution in [0.4, 0.5) is 0 Å². The molecule has 0 aliphatic rings. The van der Waals surface area contributed by atoms with Crippen LogP contribution in [0.1, 0.15) is 354 Å². The highest BCUT2D eigenvalue weighted by Gasteiger charge is 2.20. The van der Waals surface area contributed by atoms with Gasteiger partial charge in [-0.3, -0.25) is 9.59 Å². The van der Waals surface area contributed by atoms with Crippen molar-refractivity contribution in [3.63, 3.8) is 0 Å². The highest BCUT2D eigenvalue weighted by molar-refractivity contribution is 5.76. The lowest BCUT2D eigenvalue weighted by atomic mass is 10.0. The quantitative estimate of drug-likeness (QED) is 0.0320. The maximum absolute atomic E-state index is 12.5. The SMILES string of the molecule is CCCCCCCCCCCCCCCCC(O)C(CO)NC(=O)CCCCCCCCCCCCC/C=C\C/C=C\CCCCCCCCCCCOC(=O)CCCCCCCCCCCCCCC. The maximum Gasteiger partial charge on any atom is 0.305 e. The molecule has 0 radical (unpaired) electrons. The molecule has 0 saturated heterocycles. The van der Waals surface area contributed by atoms with E-state index in [0.29, 0.717) is 25.9 Å². The van der Waals surface area contributed by atoms with Crippen molar-refractivity contribution in [2.75, 3.05) is 13.2 Å². The number of aliphatic hydroxyl groups is 2. The van der Waals surface area contributed by atoms with Gasteiger partial charge in [0.25, 0.3) is 0 Å². The van der Waals surface area contributed by atoms with E-state index in [4.69, 9.17) is 4.74 Å². The van der Waals surface area contributed by atoms with Crippen LogP contribution in [0.5, 0.6) is 0 Å². The molecule has 6 nitrogen and oxygen atoms in total. The third-order valence-electron chi connectivity index (χ3n) is 15.0. The fraction of sp³-hybridized carbons (Fsp3) is 0.908. The Morgan fingerprint density at radius 1 is 0.394 bits per heavy atom. The van der Waals surface area contributed by atoms with Crippen LogP contribution in [0.3, 0.4) is 0 Å². The molecule has 0 saturated carbocycles. The van der Waals surface area contributed by atoms with E-state index in [-0.39, 0.29) is 18.5 Å². The van der Waals surface area contributed by atoms with Crippen molar-refractivity contribution in [3.05, 3.63) is 24.3 Å². The number of carbonyl (C=O) groups excluding carboxylic acids is 2. The molecule has 0 aromatic carbocycles. The van der Waals surface area contributed by atoms with Crippen LogP contribution >= 0.6 is 0 Å². The lowest BCUT2D eigenvalue weighted by molar-refractivity contribution is -0.143. The minimum Gasteiger partial charge on any atom is -0.466 e. The molecule has 0 bridgehead atoms. The van der Waals surface area contributed by atoms with Crippen molar-refractivity contribution in [2.24, 2.45) is 0 Å². The van der Waals surface area contributed by atoms with E-state index >= 15 is 0 Å². The number of amides is 1. The number of hydrogen-bond acceptors (Lipinski definition) is 5. The average Bonchev–Trinajstić information content (AvgIpc) is 3.37. The van der Waals surface area contributed by atoms with Gasteiger partial charge in [-0.25, -0.2) is 0 Å². The molecule has 2 unspecified atom stereocenters. The molecule has 1 amide bonds. The van der Waals surface area contributed by atoms with E-state index in [9.17, 15) is 19.8 Å². The summed E-state index contributed by atoms with van der Waals surface area (Å²) in [5.41, 5.74) is 0. The minimum absolute atomic E-state index is 0.0125. The molecule has 0 aromatic heterocycles. The van der Waals surface area contributed by atoms with Crippen LogP contribution in [-0.4, -0.2) is 47.4 Å². The maximum atomic E-state index is 12.5. The second kappa shape index (κ2) is 60.9. The first-order chi connectivity index (χ1) is 35.0. The molecular weight excluding hydrogens is 875 g/mol. The number of ether oxygens (including phenoxy) is 1. The van der Waals surface area contributed by atoms with Crippen LogP contribution < -0.4 is 5.32 Å². The molecule has 2 atom stereocenters. The zero-order valence-electron chi connectivity index (χ0n) is 48.0.